The zero-order valence-electron chi connectivity index (χ0n) is 14.5. The molecule has 0 unspecified atom stereocenters. The van der Waals surface area contributed by atoms with Crippen LogP contribution in [-0.2, 0) is 0 Å². The monoisotopic (exact) mass is 376 g/mol. The highest BCUT2D eigenvalue weighted by molar-refractivity contribution is 5.88. The molecular weight excluding hydrogens is 360 g/mol. The van der Waals surface area contributed by atoms with Crippen molar-refractivity contribution in [2.75, 3.05) is 16.0 Å². The Kier molecular flexibility index (Phi) is 4.58. The van der Waals surface area contributed by atoms with E-state index in [1.54, 1.807) is 42.8 Å². The number of nitrogens with zero attached hydrogens (tertiary/aromatic N) is 3. The number of amides is 2. The van der Waals surface area contributed by atoms with Gasteiger partial charge in [-0.25, -0.2) is 9.78 Å². The number of hydrogen-bond acceptors (Lipinski definition) is 7. The van der Waals surface area contributed by atoms with E-state index in [4.69, 9.17) is 10.2 Å². The molecule has 3 heterocycles. The summed E-state index contributed by atoms with van der Waals surface area (Å²) in [5, 5.41) is 15.8. The van der Waals surface area contributed by atoms with E-state index in [1.807, 2.05) is 18.2 Å². The fourth-order valence-electron chi connectivity index (χ4n) is 2.51. The van der Waals surface area contributed by atoms with Gasteiger partial charge in [0.1, 0.15) is 11.5 Å². The maximum absolute atomic E-state index is 11.0. The third-order valence-corrected chi connectivity index (χ3v) is 3.66. The van der Waals surface area contributed by atoms with Crippen molar-refractivity contribution < 1.29 is 9.21 Å². The second kappa shape index (κ2) is 7.50. The Morgan fingerprint density at radius 1 is 1.04 bits per heavy atom. The van der Waals surface area contributed by atoms with E-state index in [2.05, 4.69) is 36.1 Å². The fraction of sp³-hybridized carbons (Fsp3) is 0. The highest BCUT2D eigenvalue weighted by atomic mass is 16.3. The Labute approximate surface area is 159 Å². The van der Waals surface area contributed by atoms with E-state index in [1.165, 1.54) is 0 Å². The zero-order chi connectivity index (χ0) is 19.3. The number of aromatic amines is 1. The molecule has 0 saturated carbocycles. The molecule has 10 heteroatoms. The van der Waals surface area contributed by atoms with Crippen molar-refractivity contribution in [2.45, 2.75) is 0 Å². The minimum absolute atomic E-state index is 0.378. The largest absolute Gasteiger partial charge is 0.463 e. The number of carbonyl (C=O) groups is 1. The minimum atomic E-state index is -0.632. The summed E-state index contributed by atoms with van der Waals surface area (Å²) < 4.78 is 5.33. The lowest BCUT2D eigenvalue weighted by Crippen LogP contribution is -2.19. The molecule has 0 radical (unpaired) electrons. The molecule has 0 aliphatic carbocycles. The molecule has 140 valence electrons. The SMILES string of the molecule is NC(=O)Nc1cccc(Nc2nccc(Nc3cc(-c4ccco4)[nH]n3)n2)c1. The Balaban J connectivity index is 1.47. The maximum atomic E-state index is 11.0. The van der Waals surface area contributed by atoms with E-state index in [9.17, 15) is 4.79 Å². The number of furan rings is 1. The molecule has 6 N–H and O–H groups in total. The van der Waals surface area contributed by atoms with Crippen LogP contribution in [0.3, 0.4) is 0 Å². The van der Waals surface area contributed by atoms with Gasteiger partial charge >= 0.3 is 6.03 Å². The van der Waals surface area contributed by atoms with Crippen molar-refractivity contribution in [1.29, 1.82) is 0 Å². The quantitative estimate of drug-likeness (QED) is 0.346. The number of carbonyl (C=O) groups excluding carboxylic acids is 1. The maximum Gasteiger partial charge on any atom is 0.316 e. The first kappa shape index (κ1) is 17.1. The molecular formula is C18H16N8O2. The van der Waals surface area contributed by atoms with E-state index >= 15 is 0 Å². The number of benzene rings is 1. The molecule has 3 aromatic heterocycles. The van der Waals surface area contributed by atoms with E-state index in [0.717, 1.165) is 5.69 Å². The number of primary amides is 1. The fourth-order valence-corrected chi connectivity index (χ4v) is 2.51. The molecule has 0 aliphatic rings. The second-order valence-electron chi connectivity index (χ2n) is 5.73. The van der Waals surface area contributed by atoms with Crippen molar-refractivity contribution in [2.24, 2.45) is 5.73 Å². The van der Waals surface area contributed by atoms with Crippen LogP contribution < -0.4 is 21.7 Å². The van der Waals surface area contributed by atoms with Gasteiger partial charge in [0, 0.05) is 23.6 Å². The van der Waals surface area contributed by atoms with Crippen molar-refractivity contribution in [3.05, 3.63) is 61.0 Å². The molecule has 1 aromatic carbocycles. The van der Waals surface area contributed by atoms with Gasteiger partial charge in [0.05, 0.1) is 6.26 Å². The number of aromatic nitrogens is 4. The number of nitrogens with one attached hydrogen (secondary N) is 4. The van der Waals surface area contributed by atoms with E-state index in [-0.39, 0.29) is 0 Å². The Hall–Kier alpha value is -4.34. The lowest BCUT2D eigenvalue weighted by Gasteiger charge is -2.08. The second-order valence-corrected chi connectivity index (χ2v) is 5.73. The van der Waals surface area contributed by atoms with Gasteiger partial charge in [-0.15, -0.1) is 0 Å². The number of rotatable bonds is 6. The third kappa shape index (κ3) is 4.07. The van der Waals surface area contributed by atoms with Crippen molar-refractivity contribution in [3.63, 3.8) is 0 Å². The molecule has 0 fully saturated rings. The first-order chi connectivity index (χ1) is 13.7. The number of anilines is 5. The van der Waals surface area contributed by atoms with Crippen LogP contribution in [0.15, 0.2) is 65.4 Å². The molecule has 0 saturated heterocycles. The molecule has 2 amide bonds. The van der Waals surface area contributed by atoms with Crippen molar-refractivity contribution >= 4 is 35.0 Å². The van der Waals surface area contributed by atoms with Gasteiger partial charge in [0.15, 0.2) is 11.6 Å². The van der Waals surface area contributed by atoms with Crippen LogP contribution in [0, 0.1) is 0 Å². The first-order valence-electron chi connectivity index (χ1n) is 8.28. The molecule has 4 rings (SSSR count). The predicted molar refractivity (Wildman–Crippen MR) is 105 cm³/mol. The van der Waals surface area contributed by atoms with Crippen LogP contribution >= 0.6 is 0 Å². The lowest BCUT2D eigenvalue weighted by atomic mass is 10.3. The number of H-pyrrole nitrogens is 1. The highest BCUT2D eigenvalue weighted by Crippen LogP contribution is 2.23. The van der Waals surface area contributed by atoms with Crippen molar-refractivity contribution in [3.8, 4) is 11.5 Å². The van der Waals surface area contributed by atoms with Crippen LogP contribution in [0.2, 0.25) is 0 Å². The van der Waals surface area contributed by atoms with Crippen LogP contribution in [0.1, 0.15) is 0 Å². The average molecular weight is 376 g/mol. The lowest BCUT2D eigenvalue weighted by molar-refractivity contribution is 0.259. The summed E-state index contributed by atoms with van der Waals surface area (Å²) in [4.78, 5) is 19.6. The zero-order valence-corrected chi connectivity index (χ0v) is 14.5. The number of urea groups is 1. The summed E-state index contributed by atoms with van der Waals surface area (Å²) in [7, 11) is 0. The van der Waals surface area contributed by atoms with Crippen molar-refractivity contribution in [1.82, 2.24) is 20.2 Å². The van der Waals surface area contributed by atoms with Crippen LogP contribution in [0.25, 0.3) is 11.5 Å². The molecule has 0 bridgehead atoms. The summed E-state index contributed by atoms with van der Waals surface area (Å²) in [5.41, 5.74) is 7.15. The summed E-state index contributed by atoms with van der Waals surface area (Å²) in [6, 6.07) is 13.6. The average Bonchev–Trinajstić information content (AvgIpc) is 3.33. The van der Waals surface area contributed by atoms with Crippen LogP contribution in [0.4, 0.5) is 33.8 Å². The molecule has 0 spiro atoms. The summed E-state index contributed by atoms with van der Waals surface area (Å²) in [5.74, 6) is 2.21. The number of nitrogens with two attached hydrogens (primary N) is 1. The minimum Gasteiger partial charge on any atom is -0.463 e. The first-order valence-corrected chi connectivity index (χ1v) is 8.28. The summed E-state index contributed by atoms with van der Waals surface area (Å²) in [6.07, 6.45) is 3.21. The predicted octanol–water partition coefficient (Wildman–Crippen LogP) is 3.44. The van der Waals surface area contributed by atoms with Gasteiger partial charge in [0.2, 0.25) is 5.95 Å². The molecule has 0 atom stereocenters. The Bertz CT molecular complexity index is 1090. The molecule has 0 aliphatic heterocycles. The molecule has 4 aromatic rings. The summed E-state index contributed by atoms with van der Waals surface area (Å²) in [6.45, 7) is 0. The summed E-state index contributed by atoms with van der Waals surface area (Å²) >= 11 is 0. The third-order valence-electron chi connectivity index (χ3n) is 3.66. The van der Waals surface area contributed by atoms with Gasteiger partial charge in [-0.05, 0) is 36.4 Å². The highest BCUT2D eigenvalue weighted by Gasteiger charge is 2.07. The molecule has 10 nitrogen and oxygen atoms in total. The molecule has 28 heavy (non-hydrogen) atoms. The van der Waals surface area contributed by atoms with Crippen LogP contribution in [0.5, 0.6) is 0 Å². The van der Waals surface area contributed by atoms with Gasteiger partial charge in [-0.2, -0.15) is 10.1 Å². The topological polar surface area (TPSA) is 147 Å². The van der Waals surface area contributed by atoms with Gasteiger partial charge < -0.3 is 26.1 Å². The smallest absolute Gasteiger partial charge is 0.316 e. The van der Waals surface area contributed by atoms with Gasteiger partial charge in [0.25, 0.3) is 0 Å². The Morgan fingerprint density at radius 2 is 1.93 bits per heavy atom. The van der Waals surface area contributed by atoms with E-state index in [0.29, 0.717) is 34.7 Å². The van der Waals surface area contributed by atoms with Crippen LogP contribution in [-0.4, -0.2) is 26.2 Å². The van der Waals surface area contributed by atoms with Gasteiger partial charge in [-0.3, -0.25) is 5.10 Å². The number of hydrogen-bond donors (Lipinski definition) is 5. The Morgan fingerprint density at radius 3 is 2.75 bits per heavy atom. The van der Waals surface area contributed by atoms with Gasteiger partial charge in [-0.1, -0.05) is 6.07 Å². The van der Waals surface area contributed by atoms with E-state index < -0.39 is 6.03 Å². The normalized spacial score (nSPS) is 10.4. The standard InChI is InChI=1S/C18H16N8O2/c19-17(27)21-11-3-1-4-12(9-11)22-18-20-7-6-15(24-18)23-16-10-13(25-26-16)14-5-2-8-28-14/h1-10H,(H3,19,21,27)(H3,20,22,23,24,25,26).